The molecule has 0 bridgehead atoms. The Hall–Kier alpha value is -2.62. The lowest BCUT2D eigenvalue weighted by Crippen LogP contribution is -2.64. The number of carbonyl (C=O) groups is 3. The summed E-state index contributed by atoms with van der Waals surface area (Å²) in [6.07, 6.45) is -5.57. The molecule has 0 aliphatic carbocycles. The maximum atomic E-state index is 14.0. The predicted molar refractivity (Wildman–Crippen MR) is 116 cm³/mol. The summed E-state index contributed by atoms with van der Waals surface area (Å²) in [4.78, 5) is 37.7. The first-order valence-corrected chi connectivity index (χ1v) is 10.7. The molecule has 0 heterocycles. The number of alkyl halides is 3. The smallest absolute Gasteiger partial charge is 0.429 e. The van der Waals surface area contributed by atoms with Crippen LogP contribution in [0.3, 0.4) is 0 Å². The van der Waals surface area contributed by atoms with Crippen molar-refractivity contribution in [3.05, 3.63) is 35.9 Å². The van der Waals surface area contributed by atoms with Crippen molar-refractivity contribution in [2.75, 3.05) is 13.7 Å². The molecular formula is C23H33F3N2O5. The van der Waals surface area contributed by atoms with E-state index in [1.54, 1.807) is 51.1 Å². The summed E-state index contributed by atoms with van der Waals surface area (Å²) in [5, 5.41) is 15.3. The van der Waals surface area contributed by atoms with Crippen LogP contribution in [0.25, 0.3) is 0 Å². The topological polar surface area (TPSA) is 105 Å². The van der Waals surface area contributed by atoms with Crippen molar-refractivity contribution in [3.63, 3.8) is 0 Å². The number of ether oxygens (including phenoxy) is 1. The molecule has 3 N–H and O–H groups in total. The number of hydrogen-bond acceptors (Lipinski definition) is 5. The summed E-state index contributed by atoms with van der Waals surface area (Å²) < 4.78 is 46.6. The Morgan fingerprint density at radius 3 is 2.09 bits per heavy atom. The van der Waals surface area contributed by atoms with Crippen molar-refractivity contribution >= 4 is 17.8 Å². The van der Waals surface area contributed by atoms with E-state index in [1.807, 2.05) is 0 Å². The van der Waals surface area contributed by atoms with Crippen LogP contribution in [0.5, 0.6) is 0 Å². The third-order valence-corrected chi connectivity index (χ3v) is 5.30. The first-order chi connectivity index (χ1) is 15.2. The van der Waals surface area contributed by atoms with Gasteiger partial charge in [0.2, 0.25) is 11.8 Å². The van der Waals surface area contributed by atoms with Crippen molar-refractivity contribution in [2.45, 2.75) is 64.8 Å². The molecule has 0 aliphatic rings. The van der Waals surface area contributed by atoms with Gasteiger partial charge in [0.1, 0.15) is 6.04 Å². The monoisotopic (exact) mass is 474 g/mol. The zero-order chi connectivity index (χ0) is 25.4. The van der Waals surface area contributed by atoms with Gasteiger partial charge >= 0.3 is 12.1 Å². The van der Waals surface area contributed by atoms with E-state index in [1.165, 1.54) is 14.0 Å². The molecule has 0 fully saturated rings. The van der Waals surface area contributed by atoms with E-state index in [2.05, 4.69) is 15.4 Å². The molecule has 1 aromatic rings. The highest BCUT2D eigenvalue weighted by molar-refractivity contribution is 5.93. The molecule has 33 heavy (non-hydrogen) atoms. The van der Waals surface area contributed by atoms with E-state index >= 15 is 0 Å². The van der Waals surface area contributed by atoms with Crippen molar-refractivity contribution < 1.29 is 37.4 Å². The third-order valence-electron chi connectivity index (χ3n) is 5.30. The molecule has 0 aromatic heterocycles. The third kappa shape index (κ3) is 7.18. The highest BCUT2D eigenvalue weighted by Gasteiger charge is 2.67. The van der Waals surface area contributed by atoms with Crippen molar-refractivity contribution in [1.29, 1.82) is 0 Å². The second-order valence-corrected chi connectivity index (χ2v) is 8.84. The van der Waals surface area contributed by atoms with E-state index in [0.29, 0.717) is 6.42 Å². The zero-order valence-electron chi connectivity index (χ0n) is 19.6. The molecule has 2 amide bonds. The second kappa shape index (κ2) is 11.5. The number of carbonyl (C=O) groups excluding carboxylic acids is 3. The predicted octanol–water partition coefficient (Wildman–Crippen LogP) is 2.76. The number of aryl methyl sites for hydroxylation is 1. The van der Waals surface area contributed by atoms with E-state index in [9.17, 15) is 32.7 Å². The van der Waals surface area contributed by atoms with Gasteiger partial charge in [-0.15, -0.1) is 0 Å². The van der Waals surface area contributed by atoms with Gasteiger partial charge < -0.3 is 20.5 Å². The summed E-state index contributed by atoms with van der Waals surface area (Å²) in [7, 11) is 1.33. The summed E-state index contributed by atoms with van der Waals surface area (Å²) in [5.41, 5.74) is -4.11. The Bertz CT molecular complexity index is 809. The van der Waals surface area contributed by atoms with Crippen LogP contribution in [0, 0.1) is 11.3 Å². The minimum Gasteiger partial charge on any atom is -0.464 e. The van der Waals surface area contributed by atoms with Crippen LogP contribution in [-0.2, 0) is 25.5 Å². The standard InChI is InChI=1S/C23H33F3N2O5/c1-6-33-20(31)22(32,23(24,25)26)16(14-10-13-15-11-8-7-9-12-15)18(29)28-17(19(30)27-5)21(2,3)4/h7-9,11-12,16-17,32H,6,10,13-14H2,1-5H3,(H,27,30)(H,28,29)/t16-,17+,22+/m0/s1. The van der Waals surface area contributed by atoms with Crippen LogP contribution in [0.15, 0.2) is 30.3 Å². The van der Waals surface area contributed by atoms with Gasteiger partial charge in [-0.05, 0) is 37.2 Å². The van der Waals surface area contributed by atoms with Crippen molar-refractivity contribution in [1.82, 2.24) is 10.6 Å². The minimum absolute atomic E-state index is 0.0695. The molecular weight excluding hydrogens is 441 g/mol. The summed E-state index contributed by atoms with van der Waals surface area (Å²) >= 11 is 0. The lowest BCUT2D eigenvalue weighted by molar-refractivity contribution is -0.277. The van der Waals surface area contributed by atoms with Crippen LogP contribution in [0.1, 0.15) is 46.1 Å². The molecule has 1 rings (SSSR count). The van der Waals surface area contributed by atoms with Gasteiger partial charge in [-0.25, -0.2) is 4.79 Å². The van der Waals surface area contributed by atoms with Crippen LogP contribution in [0.2, 0.25) is 0 Å². The number of halogens is 3. The zero-order valence-corrected chi connectivity index (χ0v) is 19.6. The largest absolute Gasteiger partial charge is 0.464 e. The van der Waals surface area contributed by atoms with Gasteiger partial charge in [0.05, 0.1) is 12.5 Å². The molecule has 0 unspecified atom stereocenters. The Balaban J connectivity index is 3.35. The number of rotatable bonds is 10. The van der Waals surface area contributed by atoms with Gasteiger partial charge in [-0.1, -0.05) is 51.1 Å². The average Bonchev–Trinajstić information content (AvgIpc) is 2.73. The first-order valence-electron chi connectivity index (χ1n) is 10.7. The first kappa shape index (κ1) is 28.4. The van der Waals surface area contributed by atoms with E-state index in [-0.39, 0.29) is 6.42 Å². The Morgan fingerprint density at radius 2 is 1.64 bits per heavy atom. The molecule has 1 aromatic carbocycles. The van der Waals surface area contributed by atoms with Crippen molar-refractivity contribution in [2.24, 2.45) is 11.3 Å². The fraction of sp³-hybridized carbons (Fsp3) is 0.609. The second-order valence-electron chi connectivity index (χ2n) is 8.84. The summed E-state index contributed by atoms with van der Waals surface area (Å²) in [5.74, 6) is -6.07. The van der Waals surface area contributed by atoms with E-state index in [0.717, 1.165) is 5.56 Å². The van der Waals surface area contributed by atoms with Crippen LogP contribution in [0.4, 0.5) is 13.2 Å². The fourth-order valence-corrected chi connectivity index (χ4v) is 3.44. The number of benzene rings is 1. The van der Waals surface area contributed by atoms with Gasteiger partial charge in [-0.2, -0.15) is 13.2 Å². The van der Waals surface area contributed by atoms with Gasteiger partial charge in [-0.3, -0.25) is 9.59 Å². The van der Waals surface area contributed by atoms with Crippen LogP contribution >= 0.6 is 0 Å². The lowest BCUT2D eigenvalue weighted by atomic mass is 9.80. The van der Waals surface area contributed by atoms with Gasteiger partial charge in [0.15, 0.2) is 0 Å². The Kier molecular flexibility index (Phi) is 9.89. The SMILES string of the molecule is CCOC(=O)[C@](O)([C@@H](CCCc1ccccc1)C(=O)N[C@H](C(=O)NC)C(C)(C)C)C(F)(F)F. The molecule has 0 spiro atoms. The number of esters is 1. The number of nitrogens with one attached hydrogen (secondary N) is 2. The Labute approximate surface area is 192 Å². The molecule has 0 saturated heterocycles. The maximum Gasteiger partial charge on any atom is 0.429 e. The fourth-order valence-electron chi connectivity index (χ4n) is 3.44. The van der Waals surface area contributed by atoms with E-state index < -0.39 is 60.0 Å². The van der Waals surface area contributed by atoms with Crippen molar-refractivity contribution in [3.8, 4) is 0 Å². The molecule has 10 heteroatoms. The molecule has 7 nitrogen and oxygen atoms in total. The molecule has 186 valence electrons. The Morgan fingerprint density at radius 1 is 1.06 bits per heavy atom. The average molecular weight is 475 g/mol. The molecule has 0 radical (unpaired) electrons. The number of amides is 2. The molecule has 3 atom stereocenters. The van der Waals surface area contributed by atoms with Crippen LogP contribution < -0.4 is 10.6 Å². The molecule has 0 saturated carbocycles. The van der Waals surface area contributed by atoms with Crippen LogP contribution in [-0.4, -0.2) is 54.4 Å². The highest BCUT2D eigenvalue weighted by Crippen LogP contribution is 2.40. The highest BCUT2D eigenvalue weighted by atomic mass is 19.4. The van der Waals surface area contributed by atoms with E-state index in [4.69, 9.17) is 0 Å². The quantitative estimate of drug-likeness (QED) is 0.453. The molecule has 0 aliphatic heterocycles. The lowest BCUT2D eigenvalue weighted by Gasteiger charge is -2.37. The summed E-state index contributed by atoms with van der Waals surface area (Å²) in [6.45, 7) is 5.75. The maximum absolute atomic E-state index is 14.0. The minimum atomic E-state index is -5.49. The number of hydrogen-bond donors (Lipinski definition) is 3. The number of likely N-dealkylation sites (N-methyl/N-ethyl adjacent to an activating group) is 1. The van der Waals surface area contributed by atoms with Gasteiger partial charge in [0, 0.05) is 7.05 Å². The van der Waals surface area contributed by atoms with Gasteiger partial charge in [0.25, 0.3) is 5.60 Å². The number of aliphatic hydroxyl groups is 1. The summed E-state index contributed by atoms with van der Waals surface area (Å²) in [6, 6.07) is 7.67. The normalized spacial score (nSPS) is 15.7.